The summed E-state index contributed by atoms with van der Waals surface area (Å²) in [5.41, 5.74) is 4.60. The first kappa shape index (κ1) is 14.2. The second kappa shape index (κ2) is 5.45. The number of nitrogens with zero attached hydrogens (tertiary/aromatic N) is 4. The highest BCUT2D eigenvalue weighted by atomic mass is 16.5. The Morgan fingerprint density at radius 2 is 1.60 bits per heavy atom. The lowest BCUT2D eigenvalue weighted by Crippen LogP contribution is -2.00. The average molecular weight is 272 g/mol. The third-order valence-electron chi connectivity index (χ3n) is 3.10. The fraction of sp³-hybridized carbons (Fsp3) is 0.400. The number of imidazole rings is 1. The van der Waals surface area contributed by atoms with Gasteiger partial charge in [0, 0.05) is 6.07 Å². The molecular weight excluding hydrogens is 252 g/mol. The molecule has 3 aromatic rings. The van der Waals surface area contributed by atoms with Crippen molar-refractivity contribution >= 4 is 16.7 Å². The van der Waals surface area contributed by atoms with Gasteiger partial charge in [0.15, 0.2) is 5.65 Å². The molecule has 3 rings (SSSR count). The molecule has 0 saturated heterocycles. The number of fused-ring (bicyclic) bond motifs is 3. The number of methoxy groups -OCH3 is 1. The molecule has 0 spiro atoms. The van der Waals surface area contributed by atoms with Crippen LogP contribution in [0.5, 0.6) is 5.88 Å². The SMILES string of the molecule is CC.COc1ccc2nc(C)c3c(C)nc(C)n3c2n1. The van der Waals surface area contributed by atoms with E-state index in [-0.39, 0.29) is 0 Å². The first-order valence-electron chi connectivity index (χ1n) is 6.79. The van der Waals surface area contributed by atoms with Crippen LogP contribution in [-0.2, 0) is 0 Å². The fourth-order valence-electron chi connectivity index (χ4n) is 2.37. The Morgan fingerprint density at radius 3 is 2.25 bits per heavy atom. The van der Waals surface area contributed by atoms with Crippen molar-refractivity contribution in [1.29, 1.82) is 0 Å². The average Bonchev–Trinajstić information content (AvgIpc) is 2.77. The first-order valence-corrected chi connectivity index (χ1v) is 6.79. The smallest absolute Gasteiger partial charge is 0.215 e. The Labute approximate surface area is 118 Å². The van der Waals surface area contributed by atoms with Crippen molar-refractivity contribution in [3.8, 4) is 5.88 Å². The molecule has 0 fully saturated rings. The number of aryl methyl sites for hydroxylation is 3. The van der Waals surface area contributed by atoms with Gasteiger partial charge in [-0.05, 0) is 26.8 Å². The van der Waals surface area contributed by atoms with Gasteiger partial charge < -0.3 is 4.74 Å². The molecule has 5 heteroatoms. The molecule has 0 atom stereocenters. The summed E-state index contributed by atoms with van der Waals surface area (Å²) < 4.78 is 7.21. The Kier molecular flexibility index (Phi) is 3.88. The van der Waals surface area contributed by atoms with Crippen LogP contribution in [0.2, 0.25) is 0 Å². The number of ether oxygens (including phenoxy) is 1. The zero-order valence-corrected chi connectivity index (χ0v) is 12.9. The molecule has 0 amide bonds. The summed E-state index contributed by atoms with van der Waals surface area (Å²) >= 11 is 0. The molecule has 0 aliphatic rings. The van der Waals surface area contributed by atoms with Gasteiger partial charge >= 0.3 is 0 Å². The van der Waals surface area contributed by atoms with Gasteiger partial charge in [-0.2, -0.15) is 4.98 Å². The molecule has 0 saturated carbocycles. The van der Waals surface area contributed by atoms with Gasteiger partial charge in [-0.15, -0.1) is 0 Å². The molecule has 3 aromatic heterocycles. The summed E-state index contributed by atoms with van der Waals surface area (Å²) in [5, 5.41) is 0. The topological polar surface area (TPSA) is 52.3 Å². The van der Waals surface area contributed by atoms with Crippen molar-refractivity contribution in [2.45, 2.75) is 34.6 Å². The van der Waals surface area contributed by atoms with E-state index >= 15 is 0 Å². The van der Waals surface area contributed by atoms with E-state index in [0.717, 1.165) is 33.9 Å². The maximum Gasteiger partial charge on any atom is 0.215 e. The van der Waals surface area contributed by atoms with Crippen molar-refractivity contribution in [3.05, 3.63) is 29.3 Å². The molecule has 106 valence electrons. The molecule has 0 aliphatic heterocycles. The largest absolute Gasteiger partial charge is 0.481 e. The molecule has 0 bridgehead atoms. The van der Waals surface area contributed by atoms with E-state index in [9.17, 15) is 0 Å². The minimum absolute atomic E-state index is 0.584. The lowest BCUT2D eigenvalue weighted by atomic mass is 10.3. The summed E-state index contributed by atoms with van der Waals surface area (Å²) in [7, 11) is 1.61. The van der Waals surface area contributed by atoms with Crippen molar-refractivity contribution < 1.29 is 4.74 Å². The van der Waals surface area contributed by atoms with Gasteiger partial charge in [-0.1, -0.05) is 13.8 Å². The summed E-state index contributed by atoms with van der Waals surface area (Å²) in [4.78, 5) is 13.5. The maximum absolute atomic E-state index is 5.18. The quantitative estimate of drug-likeness (QED) is 0.682. The fourth-order valence-corrected chi connectivity index (χ4v) is 2.37. The van der Waals surface area contributed by atoms with Gasteiger partial charge in [0.1, 0.15) is 11.3 Å². The van der Waals surface area contributed by atoms with E-state index in [2.05, 4.69) is 15.0 Å². The molecule has 0 unspecified atom stereocenters. The number of rotatable bonds is 1. The van der Waals surface area contributed by atoms with Crippen molar-refractivity contribution in [1.82, 2.24) is 19.4 Å². The third kappa shape index (κ3) is 2.09. The van der Waals surface area contributed by atoms with Crippen LogP contribution in [-0.4, -0.2) is 26.5 Å². The van der Waals surface area contributed by atoms with Crippen LogP contribution >= 0.6 is 0 Å². The molecule has 20 heavy (non-hydrogen) atoms. The highest BCUT2D eigenvalue weighted by molar-refractivity contribution is 5.77. The predicted molar refractivity (Wildman–Crippen MR) is 80.4 cm³/mol. The monoisotopic (exact) mass is 272 g/mol. The van der Waals surface area contributed by atoms with E-state index < -0.39 is 0 Å². The minimum atomic E-state index is 0.584. The van der Waals surface area contributed by atoms with Crippen LogP contribution in [0.4, 0.5) is 0 Å². The van der Waals surface area contributed by atoms with Gasteiger partial charge in [0.25, 0.3) is 0 Å². The van der Waals surface area contributed by atoms with Crippen molar-refractivity contribution in [2.24, 2.45) is 0 Å². The van der Waals surface area contributed by atoms with Gasteiger partial charge in [-0.25, -0.2) is 9.97 Å². The number of hydrogen-bond acceptors (Lipinski definition) is 4. The lowest BCUT2D eigenvalue weighted by Gasteiger charge is -2.07. The summed E-state index contributed by atoms with van der Waals surface area (Å²) in [5.74, 6) is 1.50. The second-order valence-electron chi connectivity index (χ2n) is 4.32. The molecule has 0 N–H and O–H groups in total. The zero-order chi connectivity index (χ0) is 14.9. The van der Waals surface area contributed by atoms with Crippen LogP contribution < -0.4 is 4.74 Å². The predicted octanol–water partition coefficient (Wildman–Crippen LogP) is 3.24. The van der Waals surface area contributed by atoms with Crippen molar-refractivity contribution in [2.75, 3.05) is 7.11 Å². The van der Waals surface area contributed by atoms with Gasteiger partial charge in [0.2, 0.25) is 5.88 Å². The number of aromatic nitrogens is 4. The third-order valence-corrected chi connectivity index (χ3v) is 3.10. The van der Waals surface area contributed by atoms with Crippen LogP contribution in [0.3, 0.4) is 0 Å². The van der Waals surface area contributed by atoms with Gasteiger partial charge in [-0.3, -0.25) is 4.40 Å². The Balaban J connectivity index is 0.000000704. The molecule has 0 aromatic carbocycles. The summed E-state index contributed by atoms with van der Waals surface area (Å²) in [6, 6.07) is 3.74. The van der Waals surface area contributed by atoms with E-state index in [1.807, 2.05) is 51.2 Å². The van der Waals surface area contributed by atoms with E-state index in [0.29, 0.717) is 5.88 Å². The normalized spacial score (nSPS) is 10.5. The number of pyridine rings is 1. The molecule has 3 heterocycles. The van der Waals surface area contributed by atoms with E-state index in [4.69, 9.17) is 4.74 Å². The Hall–Kier alpha value is -2.17. The first-order chi connectivity index (χ1) is 9.61. The Morgan fingerprint density at radius 1 is 0.950 bits per heavy atom. The second-order valence-corrected chi connectivity index (χ2v) is 4.32. The zero-order valence-electron chi connectivity index (χ0n) is 12.9. The molecule has 0 radical (unpaired) electrons. The highest BCUT2D eigenvalue weighted by Gasteiger charge is 2.13. The van der Waals surface area contributed by atoms with Crippen LogP contribution in [0, 0.1) is 20.8 Å². The standard InChI is InChI=1S/C13H14N4O.C2H6/c1-7-12-8(2)15-10-5-6-11(18-4)16-13(10)17(12)9(3)14-7;1-2/h5-6H,1-4H3;1-2H3. The molecular formula is C15H20N4O. The van der Waals surface area contributed by atoms with Crippen molar-refractivity contribution in [3.63, 3.8) is 0 Å². The number of hydrogen-bond donors (Lipinski definition) is 0. The van der Waals surface area contributed by atoms with Gasteiger partial charge in [0.05, 0.1) is 24.0 Å². The summed E-state index contributed by atoms with van der Waals surface area (Å²) in [6.07, 6.45) is 0. The van der Waals surface area contributed by atoms with Crippen LogP contribution in [0.25, 0.3) is 16.7 Å². The van der Waals surface area contributed by atoms with Crippen LogP contribution in [0.15, 0.2) is 12.1 Å². The Bertz CT molecular complexity index is 761. The maximum atomic E-state index is 5.18. The highest BCUT2D eigenvalue weighted by Crippen LogP contribution is 2.22. The lowest BCUT2D eigenvalue weighted by molar-refractivity contribution is 0.399. The minimum Gasteiger partial charge on any atom is -0.481 e. The molecule has 0 aliphatic carbocycles. The van der Waals surface area contributed by atoms with E-state index in [1.165, 1.54) is 0 Å². The molecule has 5 nitrogen and oxygen atoms in total. The van der Waals surface area contributed by atoms with Crippen LogP contribution in [0.1, 0.15) is 31.1 Å². The van der Waals surface area contributed by atoms with E-state index in [1.54, 1.807) is 7.11 Å². The summed E-state index contributed by atoms with van der Waals surface area (Å²) in [6.45, 7) is 9.95.